The lowest BCUT2D eigenvalue weighted by molar-refractivity contribution is 0.177. The van der Waals surface area contributed by atoms with Crippen molar-refractivity contribution in [1.29, 1.82) is 0 Å². The molecule has 0 aliphatic carbocycles. The number of nitrogens with zero attached hydrogens (tertiary/aromatic N) is 2. The van der Waals surface area contributed by atoms with Gasteiger partial charge in [-0.15, -0.1) is 0 Å². The van der Waals surface area contributed by atoms with Crippen LogP contribution in [0.3, 0.4) is 0 Å². The predicted octanol–water partition coefficient (Wildman–Crippen LogP) is 5.25. The van der Waals surface area contributed by atoms with Gasteiger partial charge < -0.3 is 19.4 Å². The van der Waals surface area contributed by atoms with Gasteiger partial charge in [-0.25, -0.2) is 4.39 Å². The van der Waals surface area contributed by atoms with E-state index in [1.165, 1.54) is 6.07 Å². The minimum absolute atomic E-state index is 0.171. The third kappa shape index (κ3) is 4.26. The molecule has 4 rings (SSSR count). The number of rotatable bonds is 7. The predicted molar refractivity (Wildman–Crippen MR) is 120 cm³/mol. The third-order valence-electron chi connectivity index (χ3n) is 5.06. The molecule has 0 radical (unpaired) electrons. The summed E-state index contributed by atoms with van der Waals surface area (Å²) < 4.78 is 26.5. The summed E-state index contributed by atoms with van der Waals surface area (Å²) in [5, 5.41) is 4.02. The molecule has 1 aliphatic rings. The zero-order valence-electron chi connectivity index (χ0n) is 16.3. The molecule has 1 fully saturated rings. The van der Waals surface area contributed by atoms with Crippen LogP contribution in [0.5, 0.6) is 0 Å². The summed E-state index contributed by atoms with van der Waals surface area (Å²) in [7, 11) is 1.68. The van der Waals surface area contributed by atoms with Gasteiger partial charge >= 0.3 is 0 Å². The van der Waals surface area contributed by atoms with Crippen molar-refractivity contribution in [3.05, 3.63) is 76.5 Å². The second-order valence-electron chi connectivity index (χ2n) is 6.99. The summed E-state index contributed by atoms with van der Waals surface area (Å²) in [5.74, 6) is 0.834. The fourth-order valence-electron chi connectivity index (χ4n) is 3.68. The maximum atomic E-state index is 14.5. The summed E-state index contributed by atoms with van der Waals surface area (Å²) in [4.78, 5) is 6.60. The van der Waals surface area contributed by atoms with Gasteiger partial charge in [-0.3, -0.25) is 4.98 Å². The molecule has 1 aromatic carbocycles. The number of methoxy groups -OCH3 is 1. The Bertz CT molecular complexity index is 1030. The third-order valence-corrected chi connectivity index (χ3v) is 5.91. The van der Waals surface area contributed by atoms with Crippen LogP contribution >= 0.6 is 28.1 Å². The topological polar surface area (TPSA) is 50.5 Å². The normalized spacial score (nSPS) is 18.6. The van der Waals surface area contributed by atoms with Crippen LogP contribution in [-0.4, -0.2) is 35.3 Å². The van der Waals surface area contributed by atoms with Crippen LogP contribution in [0, 0.1) is 5.82 Å². The monoisotopic (exact) mass is 489 g/mol. The van der Waals surface area contributed by atoms with E-state index in [-0.39, 0.29) is 17.9 Å². The molecule has 5 nitrogen and oxygen atoms in total. The second kappa shape index (κ2) is 9.24. The highest BCUT2D eigenvalue weighted by Gasteiger charge is 2.41. The van der Waals surface area contributed by atoms with E-state index >= 15 is 0 Å². The smallest absolute Gasteiger partial charge is 0.170 e. The average Bonchev–Trinajstić information content (AvgIpc) is 3.34. The highest BCUT2D eigenvalue weighted by atomic mass is 79.9. The van der Waals surface area contributed by atoms with Crippen LogP contribution in [0.4, 0.5) is 4.39 Å². The maximum Gasteiger partial charge on any atom is 0.170 e. The van der Waals surface area contributed by atoms with Crippen molar-refractivity contribution in [3.63, 3.8) is 0 Å². The lowest BCUT2D eigenvalue weighted by Crippen LogP contribution is -2.31. The zero-order valence-corrected chi connectivity index (χ0v) is 18.7. The van der Waals surface area contributed by atoms with Crippen molar-refractivity contribution in [1.82, 2.24) is 15.2 Å². The number of nitrogens with one attached hydrogen (secondary N) is 1. The zero-order chi connectivity index (χ0) is 21.1. The van der Waals surface area contributed by atoms with E-state index in [0.29, 0.717) is 39.8 Å². The second-order valence-corrected chi connectivity index (χ2v) is 8.29. The van der Waals surface area contributed by atoms with Crippen LogP contribution < -0.4 is 5.32 Å². The lowest BCUT2D eigenvalue weighted by atomic mass is 10.0. The van der Waals surface area contributed by atoms with Gasteiger partial charge in [-0.2, -0.15) is 0 Å². The van der Waals surface area contributed by atoms with Gasteiger partial charge in [-0.05, 0) is 61.1 Å². The first-order chi connectivity index (χ1) is 14.6. The van der Waals surface area contributed by atoms with E-state index in [9.17, 15) is 4.39 Å². The molecule has 2 aromatic heterocycles. The van der Waals surface area contributed by atoms with Crippen molar-refractivity contribution in [2.75, 3.05) is 20.3 Å². The lowest BCUT2D eigenvalue weighted by Gasteiger charge is -2.26. The fourth-order valence-corrected chi connectivity index (χ4v) is 4.35. The Morgan fingerprint density at radius 1 is 1.27 bits per heavy atom. The van der Waals surface area contributed by atoms with Crippen molar-refractivity contribution >= 4 is 33.3 Å². The van der Waals surface area contributed by atoms with E-state index in [2.05, 4.69) is 31.1 Å². The standard InChI is InChI=1S/C22H21BrFN3O2S/c1-28-12-4-11-27-21(20(26-22(27)30)17-5-2-3-10-25-17)19-9-8-18(29-19)15-7-6-14(23)13-16(15)24/h2-3,5-10,13,20-21H,4,11-12H2,1H3,(H,26,30)/t20-,21+/m1/s1. The quantitative estimate of drug-likeness (QED) is 0.361. The highest BCUT2D eigenvalue weighted by Crippen LogP contribution is 2.40. The maximum absolute atomic E-state index is 14.5. The van der Waals surface area contributed by atoms with Gasteiger partial charge in [0, 0.05) is 30.9 Å². The minimum Gasteiger partial charge on any atom is -0.459 e. The van der Waals surface area contributed by atoms with Crippen LogP contribution in [0.2, 0.25) is 0 Å². The number of furan rings is 1. The first-order valence-corrected chi connectivity index (χ1v) is 10.8. The van der Waals surface area contributed by atoms with Crippen molar-refractivity contribution in [2.45, 2.75) is 18.5 Å². The number of pyridine rings is 1. The summed E-state index contributed by atoms with van der Waals surface area (Å²) in [6.45, 7) is 1.34. The Balaban J connectivity index is 1.69. The van der Waals surface area contributed by atoms with Gasteiger partial charge in [0.15, 0.2) is 5.11 Å². The molecule has 156 valence electrons. The Labute approximate surface area is 188 Å². The molecule has 0 saturated carbocycles. The molecule has 0 unspecified atom stereocenters. The van der Waals surface area contributed by atoms with Crippen molar-refractivity contribution in [2.24, 2.45) is 0 Å². The molecule has 1 aliphatic heterocycles. The minimum atomic E-state index is -0.344. The van der Waals surface area contributed by atoms with Crippen LogP contribution in [0.15, 0.2) is 63.6 Å². The van der Waals surface area contributed by atoms with Crippen molar-refractivity contribution in [3.8, 4) is 11.3 Å². The van der Waals surface area contributed by atoms with Gasteiger partial charge in [0.1, 0.15) is 23.4 Å². The fraction of sp³-hybridized carbons (Fsp3) is 0.273. The summed E-state index contributed by atoms with van der Waals surface area (Å²) >= 11 is 8.91. The summed E-state index contributed by atoms with van der Waals surface area (Å²) in [6, 6.07) is 14.0. The number of ether oxygens (including phenoxy) is 1. The Hall–Kier alpha value is -2.29. The number of aromatic nitrogens is 1. The van der Waals surface area contributed by atoms with Gasteiger partial charge in [0.05, 0.1) is 17.3 Å². The van der Waals surface area contributed by atoms with E-state index in [0.717, 1.165) is 12.1 Å². The molecule has 0 spiro atoms. The van der Waals surface area contributed by atoms with E-state index in [4.69, 9.17) is 21.4 Å². The summed E-state index contributed by atoms with van der Waals surface area (Å²) in [5.41, 5.74) is 1.28. The molecule has 1 saturated heterocycles. The first kappa shape index (κ1) is 21.0. The molecule has 30 heavy (non-hydrogen) atoms. The van der Waals surface area contributed by atoms with E-state index in [1.54, 1.807) is 31.5 Å². The molecule has 8 heteroatoms. The molecule has 3 heterocycles. The summed E-state index contributed by atoms with van der Waals surface area (Å²) in [6.07, 6.45) is 2.58. The number of thiocarbonyl (C=S) groups is 1. The number of halogens is 2. The SMILES string of the molecule is COCCCN1C(=S)N[C@H](c2ccccn2)[C@@H]1c1ccc(-c2ccc(Br)cc2F)o1. The molecule has 3 aromatic rings. The van der Waals surface area contributed by atoms with Gasteiger partial charge in [0.25, 0.3) is 0 Å². The molecule has 1 N–H and O–H groups in total. The van der Waals surface area contributed by atoms with E-state index < -0.39 is 0 Å². The van der Waals surface area contributed by atoms with Crippen molar-refractivity contribution < 1.29 is 13.5 Å². The Kier molecular flexibility index (Phi) is 6.46. The number of hydrogen-bond acceptors (Lipinski definition) is 4. The molecular weight excluding hydrogens is 469 g/mol. The first-order valence-electron chi connectivity index (χ1n) is 9.60. The molecule has 2 atom stereocenters. The van der Waals surface area contributed by atoms with Crippen LogP contribution in [0.1, 0.15) is 30.0 Å². The molecule has 0 bridgehead atoms. The highest BCUT2D eigenvalue weighted by molar-refractivity contribution is 9.10. The van der Waals surface area contributed by atoms with E-state index in [1.807, 2.05) is 24.3 Å². The van der Waals surface area contributed by atoms with Crippen LogP contribution in [-0.2, 0) is 4.74 Å². The number of benzene rings is 1. The van der Waals surface area contributed by atoms with Gasteiger partial charge in [0.2, 0.25) is 0 Å². The molecular formula is C22H21BrFN3O2S. The number of hydrogen-bond donors (Lipinski definition) is 1. The Morgan fingerprint density at radius 3 is 2.87 bits per heavy atom. The van der Waals surface area contributed by atoms with Gasteiger partial charge in [-0.1, -0.05) is 22.0 Å². The van der Waals surface area contributed by atoms with Crippen LogP contribution in [0.25, 0.3) is 11.3 Å². The largest absolute Gasteiger partial charge is 0.459 e. The average molecular weight is 490 g/mol. The molecule has 0 amide bonds. The Morgan fingerprint density at radius 2 is 2.13 bits per heavy atom.